The van der Waals surface area contributed by atoms with Gasteiger partial charge in [0, 0.05) is 0 Å². The maximum atomic E-state index is 12.4. The van der Waals surface area contributed by atoms with Gasteiger partial charge in [-0.05, 0) is 6.92 Å². The van der Waals surface area contributed by atoms with Crippen molar-refractivity contribution in [1.82, 2.24) is 0 Å². The Bertz CT molecular complexity index is 203. The highest BCUT2D eigenvalue weighted by atomic mass is 19.3. The molecule has 3 nitrogen and oxygen atoms in total. The third-order valence-electron chi connectivity index (χ3n) is 0.943. The summed E-state index contributed by atoms with van der Waals surface area (Å²) in [7, 11) is 0. The molecule has 0 aliphatic heterocycles. The minimum atomic E-state index is -3.19. The molecule has 0 rings (SSSR count). The van der Waals surface area contributed by atoms with Gasteiger partial charge in [0.2, 0.25) is 5.83 Å². The molecule has 0 amide bonds. The van der Waals surface area contributed by atoms with E-state index in [4.69, 9.17) is 0 Å². The maximum Gasteiger partial charge on any atom is 0.369 e. The van der Waals surface area contributed by atoms with Crippen molar-refractivity contribution >= 4 is 5.97 Å². The second-order valence-electron chi connectivity index (χ2n) is 1.79. The Hall–Kier alpha value is -1.20. The number of carbonyl (C=O) groups is 1. The van der Waals surface area contributed by atoms with E-state index in [-0.39, 0.29) is 6.61 Å². The number of halogens is 3. The van der Waals surface area contributed by atoms with Crippen LogP contribution < -0.4 is 5.73 Å². The number of allylic oxidation sites excluding steroid dienone is 1. The summed E-state index contributed by atoms with van der Waals surface area (Å²) in [5.74, 6) is -3.19. The molecule has 0 aliphatic carbocycles. The zero-order valence-corrected chi connectivity index (χ0v) is 6.31. The molecule has 12 heavy (non-hydrogen) atoms. The van der Waals surface area contributed by atoms with Crippen molar-refractivity contribution < 1.29 is 22.7 Å². The van der Waals surface area contributed by atoms with Crippen LogP contribution in [0.3, 0.4) is 0 Å². The molecule has 0 heterocycles. The molecule has 0 spiro atoms. The standard InChI is InChI=1S/C6H8F3NO2/c1-2-12-6(11)3(7)4(10)5(8)9/h5H,2,10H2,1H3. The minimum absolute atomic E-state index is 0.0945. The molecule has 2 N–H and O–H groups in total. The van der Waals surface area contributed by atoms with E-state index in [2.05, 4.69) is 10.5 Å². The summed E-state index contributed by atoms with van der Waals surface area (Å²) in [6.45, 7) is 1.33. The highest BCUT2D eigenvalue weighted by Gasteiger charge is 2.20. The molecule has 0 aromatic heterocycles. The number of hydrogen-bond donors (Lipinski definition) is 1. The normalized spacial score (nSPS) is 12.8. The van der Waals surface area contributed by atoms with E-state index < -0.39 is 23.9 Å². The number of esters is 1. The van der Waals surface area contributed by atoms with Gasteiger partial charge in [0.1, 0.15) is 5.70 Å². The van der Waals surface area contributed by atoms with Crippen LogP contribution in [0.25, 0.3) is 0 Å². The first-order chi connectivity index (χ1) is 5.50. The Balaban J connectivity index is 4.43. The maximum absolute atomic E-state index is 12.4. The topological polar surface area (TPSA) is 52.3 Å². The predicted octanol–water partition coefficient (Wildman–Crippen LogP) is 0.954. The van der Waals surface area contributed by atoms with Gasteiger partial charge < -0.3 is 10.5 Å². The third-order valence-corrected chi connectivity index (χ3v) is 0.943. The minimum Gasteiger partial charge on any atom is -0.461 e. The average Bonchev–Trinajstić information content (AvgIpc) is 2.02. The number of hydrogen-bond acceptors (Lipinski definition) is 3. The largest absolute Gasteiger partial charge is 0.461 e. The van der Waals surface area contributed by atoms with Gasteiger partial charge in [0.25, 0.3) is 6.43 Å². The molecule has 0 radical (unpaired) electrons. The molecule has 0 aromatic rings. The number of nitrogens with two attached hydrogens (primary N) is 1. The number of alkyl halides is 2. The molecule has 70 valence electrons. The van der Waals surface area contributed by atoms with E-state index in [0.717, 1.165) is 0 Å². The number of rotatable bonds is 3. The van der Waals surface area contributed by atoms with Crippen molar-refractivity contribution in [3.05, 3.63) is 11.5 Å². The Morgan fingerprint density at radius 3 is 2.42 bits per heavy atom. The van der Waals surface area contributed by atoms with Crippen molar-refractivity contribution in [3.63, 3.8) is 0 Å². The lowest BCUT2D eigenvalue weighted by atomic mass is 10.4. The summed E-state index contributed by atoms with van der Waals surface area (Å²) in [6.07, 6.45) is -3.19. The first kappa shape index (κ1) is 10.8. The van der Waals surface area contributed by atoms with Gasteiger partial charge in [0.05, 0.1) is 6.61 Å². The van der Waals surface area contributed by atoms with E-state index in [0.29, 0.717) is 0 Å². The van der Waals surface area contributed by atoms with Gasteiger partial charge in [-0.25, -0.2) is 13.6 Å². The molecular weight excluding hydrogens is 175 g/mol. The molecule has 0 aliphatic rings. The molecule has 0 saturated heterocycles. The van der Waals surface area contributed by atoms with Gasteiger partial charge in [-0.2, -0.15) is 4.39 Å². The fourth-order valence-electron chi connectivity index (χ4n) is 0.408. The summed E-state index contributed by atoms with van der Waals surface area (Å²) in [5.41, 5.74) is 3.15. The Labute approximate surface area is 67.0 Å². The summed E-state index contributed by atoms with van der Waals surface area (Å²) >= 11 is 0. The van der Waals surface area contributed by atoms with Gasteiger partial charge in [-0.1, -0.05) is 0 Å². The fourth-order valence-corrected chi connectivity index (χ4v) is 0.408. The molecule has 0 fully saturated rings. The van der Waals surface area contributed by atoms with E-state index in [1.807, 2.05) is 0 Å². The predicted molar refractivity (Wildman–Crippen MR) is 35.0 cm³/mol. The van der Waals surface area contributed by atoms with Crippen LogP contribution in [0.1, 0.15) is 6.92 Å². The smallest absolute Gasteiger partial charge is 0.369 e. The van der Waals surface area contributed by atoms with E-state index in [1.165, 1.54) is 6.92 Å². The molecule has 0 unspecified atom stereocenters. The number of ether oxygens (including phenoxy) is 1. The second kappa shape index (κ2) is 4.63. The molecule has 0 atom stereocenters. The van der Waals surface area contributed by atoms with Crippen LogP contribution in [-0.4, -0.2) is 19.0 Å². The first-order valence-corrected chi connectivity index (χ1v) is 3.11. The lowest BCUT2D eigenvalue weighted by Crippen LogP contribution is -2.16. The van der Waals surface area contributed by atoms with Gasteiger partial charge in [-0.3, -0.25) is 0 Å². The highest BCUT2D eigenvalue weighted by Crippen LogP contribution is 2.10. The fraction of sp³-hybridized carbons (Fsp3) is 0.500. The van der Waals surface area contributed by atoms with Crippen LogP contribution in [0, 0.1) is 0 Å². The lowest BCUT2D eigenvalue weighted by Gasteiger charge is -2.02. The van der Waals surface area contributed by atoms with E-state index >= 15 is 0 Å². The highest BCUT2D eigenvalue weighted by molar-refractivity contribution is 5.86. The van der Waals surface area contributed by atoms with Crippen LogP contribution in [0.15, 0.2) is 11.5 Å². The summed E-state index contributed by atoms with van der Waals surface area (Å²) in [6, 6.07) is 0. The average molecular weight is 183 g/mol. The third kappa shape index (κ3) is 2.81. The van der Waals surface area contributed by atoms with Crippen molar-refractivity contribution in [1.29, 1.82) is 0 Å². The second-order valence-corrected chi connectivity index (χ2v) is 1.79. The quantitative estimate of drug-likeness (QED) is 0.523. The molecular formula is C6H8F3NO2. The van der Waals surface area contributed by atoms with Crippen molar-refractivity contribution in [3.8, 4) is 0 Å². The zero-order valence-electron chi connectivity index (χ0n) is 6.31. The summed E-state index contributed by atoms with van der Waals surface area (Å²) in [5, 5.41) is 0. The lowest BCUT2D eigenvalue weighted by molar-refractivity contribution is -0.140. The Morgan fingerprint density at radius 1 is 1.58 bits per heavy atom. The van der Waals surface area contributed by atoms with Gasteiger partial charge in [-0.15, -0.1) is 0 Å². The van der Waals surface area contributed by atoms with Crippen LogP contribution in [0.2, 0.25) is 0 Å². The first-order valence-electron chi connectivity index (χ1n) is 3.11. The van der Waals surface area contributed by atoms with Crippen molar-refractivity contribution in [2.75, 3.05) is 6.61 Å². The van der Waals surface area contributed by atoms with Crippen molar-refractivity contribution in [2.45, 2.75) is 13.3 Å². The van der Waals surface area contributed by atoms with Crippen molar-refractivity contribution in [2.24, 2.45) is 5.73 Å². The summed E-state index contributed by atoms with van der Waals surface area (Å²) < 4.78 is 39.8. The van der Waals surface area contributed by atoms with E-state index in [1.54, 1.807) is 0 Å². The Morgan fingerprint density at radius 2 is 2.08 bits per heavy atom. The van der Waals surface area contributed by atoms with Crippen LogP contribution in [0.4, 0.5) is 13.2 Å². The van der Waals surface area contributed by atoms with Crippen LogP contribution in [0.5, 0.6) is 0 Å². The van der Waals surface area contributed by atoms with Gasteiger partial charge in [0.15, 0.2) is 0 Å². The zero-order chi connectivity index (χ0) is 9.72. The summed E-state index contributed by atoms with van der Waals surface area (Å²) in [4.78, 5) is 10.4. The SMILES string of the molecule is CCOC(=O)C(F)=C(N)C(F)F. The van der Waals surface area contributed by atoms with Gasteiger partial charge >= 0.3 is 5.97 Å². The van der Waals surface area contributed by atoms with Crippen LogP contribution >= 0.6 is 0 Å². The molecule has 0 saturated carbocycles. The monoisotopic (exact) mass is 183 g/mol. The van der Waals surface area contributed by atoms with E-state index in [9.17, 15) is 18.0 Å². The molecule has 0 aromatic carbocycles. The molecule has 0 bridgehead atoms. The number of carbonyl (C=O) groups excluding carboxylic acids is 1. The molecule has 6 heteroatoms. The Kier molecular flexibility index (Phi) is 4.17. The van der Waals surface area contributed by atoms with Crippen LogP contribution in [-0.2, 0) is 9.53 Å².